The quantitative estimate of drug-likeness (QED) is 0.871. The van der Waals surface area contributed by atoms with Gasteiger partial charge in [-0.3, -0.25) is 4.57 Å². The number of hydrogen-bond acceptors (Lipinski definition) is 2. The lowest BCUT2D eigenvalue weighted by molar-refractivity contribution is 0.178. The first-order valence-electron chi connectivity index (χ1n) is 6.06. The van der Waals surface area contributed by atoms with Gasteiger partial charge in [-0.25, -0.2) is 0 Å². The van der Waals surface area contributed by atoms with Crippen LogP contribution in [0.5, 0.6) is 5.75 Å². The Kier molecular flexibility index (Phi) is 3.79. The molecule has 2 rings (SSSR count). The van der Waals surface area contributed by atoms with E-state index in [-0.39, 0.29) is 0 Å². The zero-order chi connectivity index (χ0) is 13.9. The summed E-state index contributed by atoms with van der Waals surface area (Å²) in [5, 5.41) is -0.786. The second kappa shape index (κ2) is 5.20. The van der Waals surface area contributed by atoms with Crippen molar-refractivity contribution in [1.82, 2.24) is 0 Å². The molecular formula is C15H17O3P. The lowest BCUT2D eigenvalue weighted by atomic mass is 10.3. The number of ether oxygens (including phenoxy) is 1. The fourth-order valence-electron chi connectivity index (χ4n) is 1.78. The third-order valence-electron chi connectivity index (χ3n) is 2.95. The average molecular weight is 276 g/mol. The van der Waals surface area contributed by atoms with Crippen LogP contribution in [-0.4, -0.2) is 10.2 Å². The first-order valence-corrected chi connectivity index (χ1v) is 7.72. The summed E-state index contributed by atoms with van der Waals surface area (Å²) in [4.78, 5) is 10.4. The van der Waals surface area contributed by atoms with Gasteiger partial charge in [0, 0.05) is 5.30 Å². The minimum absolute atomic E-state index is 0.399. The van der Waals surface area contributed by atoms with Gasteiger partial charge in [0.05, 0.1) is 0 Å². The number of hydrogen-bond donors (Lipinski definition) is 1. The van der Waals surface area contributed by atoms with Gasteiger partial charge in [0.25, 0.3) is 7.37 Å². The summed E-state index contributed by atoms with van der Waals surface area (Å²) >= 11 is 0. The lowest BCUT2D eigenvalue weighted by Crippen LogP contribution is -2.32. The summed E-state index contributed by atoms with van der Waals surface area (Å²) in [6, 6.07) is 17.7. The van der Waals surface area contributed by atoms with E-state index in [0.717, 1.165) is 0 Å². The Morgan fingerprint density at radius 2 is 1.42 bits per heavy atom. The van der Waals surface area contributed by atoms with Crippen molar-refractivity contribution >= 4 is 12.7 Å². The Balaban J connectivity index is 2.31. The van der Waals surface area contributed by atoms with E-state index in [1.807, 2.05) is 24.3 Å². The van der Waals surface area contributed by atoms with E-state index in [1.165, 1.54) is 0 Å². The van der Waals surface area contributed by atoms with E-state index in [2.05, 4.69) is 0 Å². The molecule has 0 heterocycles. The van der Waals surface area contributed by atoms with Crippen molar-refractivity contribution in [3.8, 4) is 5.75 Å². The zero-order valence-corrected chi connectivity index (χ0v) is 11.9. The maximum atomic E-state index is 12.7. The monoisotopic (exact) mass is 276 g/mol. The van der Waals surface area contributed by atoms with E-state index in [9.17, 15) is 9.46 Å². The molecule has 1 unspecified atom stereocenters. The van der Waals surface area contributed by atoms with Crippen molar-refractivity contribution in [2.75, 3.05) is 0 Å². The summed E-state index contributed by atoms with van der Waals surface area (Å²) in [5.41, 5.74) is 0. The summed E-state index contributed by atoms with van der Waals surface area (Å²) in [6.07, 6.45) is 0. The van der Waals surface area contributed by atoms with Gasteiger partial charge in [-0.1, -0.05) is 36.4 Å². The fraction of sp³-hybridized carbons (Fsp3) is 0.200. The largest absolute Gasteiger partial charge is 0.477 e. The highest BCUT2D eigenvalue weighted by atomic mass is 31.2. The highest BCUT2D eigenvalue weighted by Gasteiger charge is 2.42. The molecule has 19 heavy (non-hydrogen) atoms. The summed E-state index contributed by atoms with van der Waals surface area (Å²) in [6.45, 7) is 3.27. The number of para-hydroxylation sites is 1. The third-order valence-corrected chi connectivity index (χ3v) is 5.50. The third kappa shape index (κ3) is 2.89. The van der Waals surface area contributed by atoms with Crippen molar-refractivity contribution in [2.45, 2.75) is 19.2 Å². The van der Waals surface area contributed by atoms with Crippen LogP contribution in [0.25, 0.3) is 0 Å². The first-order chi connectivity index (χ1) is 8.93. The Labute approximate surface area is 113 Å². The van der Waals surface area contributed by atoms with Gasteiger partial charge in [0.2, 0.25) is 0 Å². The minimum atomic E-state index is -3.64. The molecule has 0 saturated carbocycles. The predicted octanol–water partition coefficient (Wildman–Crippen LogP) is 3.40. The SMILES string of the molecule is CC(C)(Oc1ccccc1)P(=O)(O)c1ccccc1. The molecule has 1 N–H and O–H groups in total. The van der Waals surface area contributed by atoms with E-state index < -0.39 is 12.7 Å². The average Bonchev–Trinajstić information content (AvgIpc) is 2.40. The first kappa shape index (κ1) is 13.9. The van der Waals surface area contributed by atoms with Crippen LogP contribution in [0.1, 0.15) is 13.8 Å². The smallest absolute Gasteiger partial charge is 0.271 e. The van der Waals surface area contributed by atoms with E-state index in [1.54, 1.807) is 50.2 Å². The summed E-state index contributed by atoms with van der Waals surface area (Å²) in [5.74, 6) is 0.581. The van der Waals surface area contributed by atoms with Crippen LogP contribution in [0.3, 0.4) is 0 Å². The molecule has 0 aliphatic rings. The highest BCUT2D eigenvalue weighted by molar-refractivity contribution is 7.67. The van der Waals surface area contributed by atoms with Crippen LogP contribution in [0, 0.1) is 0 Å². The van der Waals surface area contributed by atoms with E-state index in [0.29, 0.717) is 11.1 Å². The Bertz CT molecular complexity index is 579. The lowest BCUT2D eigenvalue weighted by Gasteiger charge is -2.31. The molecule has 0 fully saturated rings. The van der Waals surface area contributed by atoms with Crippen LogP contribution in [-0.2, 0) is 4.57 Å². The van der Waals surface area contributed by atoms with Gasteiger partial charge in [-0.15, -0.1) is 0 Å². The molecule has 0 bridgehead atoms. The molecule has 0 spiro atoms. The van der Waals surface area contributed by atoms with Crippen LogP contribution in [0.2, 0.25) is 0 Å². The number of benzene rings is 2. The molecule has 0 saturated heterocycles. The molecule has 0 radical (unpaired) electrons. The molecule has 0 aliphatic heterocycles. The molecule has 0 aromatic heterocycles. The van der Waals surface area contributed by atoms with Crippen molar-refractivity contribution in [3.63, 3.8) is 0 Å². The number of rotatable bonds is 4. The topological polar surface area (TPSA) is 46.5 Å². The van der Waals surface area contributed by atoms with Crippen LogP contribution in [0.4, 0.5) is 0 Å². The maximum Gasteiger partial charge on any atom is 0.271 e. The standard InChI is InChI=1S/C15H17O3P/c1-15(2,18-13-9-5-3-6-10-13)19(16,17)14-11-7-4-8-12-14/h3-12H,1-2H3,(H,16,17). The predicted molar refractivity (Wildman–Crippen MR) is 77.1 cm³/mol. The Hall–Kier alpha value is -1.57. The highest BCUT2D eigenvalue weighted by Crippen LogP contribution is 2.53. The van der Waals surface area contributed by atoms with Gasteiger partial charge >= 0.3 is 0 Å². The van der Waals surface area contributed by atoms with Crippen LogP contribution < -0.4 is 10.0 Å². The van der Waals surface area contributed by atoms with Crippen molar-refractivity contribution in [1.29, 1.82) is 0 Å². The van der Waals surface area contributed by atoms with Crippen molar-refractivity contribution in [3.05, 3.63) is 60.7 Å². The molecule has 2 aromatic carbocycles. The molecule has 100 valence electrons. The van der Waals surface area contributed by atoms with Gasteiger partial charge in [-0.05, 0) is 38.1 Å². The normalized spacial score (nSPS) is 14.7. The molecule has 0 aliphatic carbocycles. The molecule has 4 heteroatoms. The van der Waals surface area contributed by atoms with Crippen molar-refractivity contribution in [2.24, 2.45) is 0 Å². The molecule has 1 atom stereocenters. The Morgan fingerprint density at radius 3 is 1.95 bits per heavy atom. The molecule has 3 nitrogen and oxygen atoms in total. The Morgan fingerprint density at radius 1 is 0.947 bits per heavy atom. The van der Waals surface area contributed by atoms with Crippen LogP contribution >= 0.6 is 7.37 Å². The molecule has 0 amide bonds. The second-order valence-electron chi connectivity index (χ2n) is 4.77. The van der Waals surface area contributed by atoms with Gasteiger partial charge in [-0.2, -0.15) is 0 Å². The molecular weight excluding hydrogens is 259 g/mol. The van der Waals surface area contributed by atoms with E-state index in [4.69, 9.17) is 4.74 Å². The molecule has 2 aromatic rings. The second-order valence-corrected chi connectivity index (χ2v) is 7.52. The van der Waals surface area contributed by atoms with Gasteiger partial charge < -0.3 is 9.63 Å². The van der Waals surface area contributed by atoms with Crippen LogP contribution in [0.15, 0.2) is 60.7 Å². The summed E-state index contributed by atoms with van der Waals surface area (Å²) < 4.78 is 18.4. The fourth-order valence-corrected chi connectivity index (χ4v) is 3.21. The van der Waals surface area contributed by atoms with Gasteiger partial charge in [0.1, 0.15) is 5.75 Å². The zero-order valence-electron chi connectivity index (χ0n) is 11.0. The maximum absolute atomic E-state index is 12.7. The van der Waals surface area contributed by atoms with Gasteiger partial charge in [0.15, 0.2) is 5.34 Å². The van der Waals surface area contributed by atoms with Crippen molar-refractivity contribution < 1.29 is 14.2 Å². The minimum Gasteiger partial charge on any atom is -0.477 e. The van der Waals surface area contributed by atoms with E-state index >= 15 is 0 Å². The summed E-state index contributed by atoms with van der Waals surface area (Å²) in [7, 11) is -3.64.